The fraction of sp³-hybridized carbons (Fsp3) is 0.333. The third kappa shape index (κ3) is 2.90. The van der Waals surface area contributed by atoms with Gasteiger partial charge in [0.15, 0.2) is 5.13 Å². The van der Waals surface area contributed by atoms with E-state index in [0.29, 0.717) is 11.6 Å². The Bertz CT molecular complexity index is 778. The van der Waals surface area contributed by atoms with Crippen LogP contribution < -0.4 is 10.2 Å². The molecule has 3 rings (SSSR count). The molecule has 0 saturated heterocycles. The van der Waals surface area contributed by atoms with Crippen molar-refractivity contribution in [3.05, 3.63) is 46.1 Å². The number of benzene rings is 1. The first-order valence-electron chi connectivity index (χ1n) is 7.34. The zero-order valence-corrected chi connectivity index (χ0v) is 13.9. The Balaban J connectivity index is 1.91. The molecule has 1 aromatic carbocycles. The van der Waals surface area contributed by atoms with Gasteiger partial charge in [-0.3, -0.25) is 15.0 Å². The lowest BCUT2D eigenvalue weighted by molar-refractivity contribution is -0.380. The highest BCUT2D eigenvalue weighted by Crippen LogP contribution is 2.40. The van der Waals surface area contributed by atoms with E-state index in [2.05, 4.69) is 10.3 Å². The van der Waals surface area contributed by atoms with Gasteiger partial charge in [-0.25, -0.2) is 9.78 Å². The second kappa shape index (κ2) is 6.44. The summed E-state index contributed by atoms with van der Waals surface area (Å²) >= 11 is 0.996. The average Bonchev–Trinajstić information content (AvgIpc) is 3.03. The molecule has 1 aliphatic rings. The maximum absolute atomic E-state index is 12.1. The molecule has 2 aromatic rings. The first-order chi connectivity index (χ1) is 11.5. The molecule has 0 spiro atoms. The number of anilines is 2. The van der Waals surface area contributed by atoms with E-state index in [9.17, 15) is 14.9 Å². The molecule has 0 bridgehead atoms. The highest BCUT2D eigenvalue weighted by molar-refractivity contribution is 7.18. The fourth-order valence-corrected chi connectivity index (χ4v) is 3.58. The van der Waals surface area contributed by atoms with Crippen LogP contribution in [-0.2, 0) is 4.74 Å². The molecule has 0 saturated carbocycles. The fourth-order valence-electron chi connectivity index (χ4n) is 2.89. The number of nitrogens with one attached hydrogen (secondary N) is 1. The molecule has 0 fully saturated rings. The van der Waals surface area contributed by atoms with Crippen molar-refractivity contribution in [3.8, 4) is 0 Å². The second-order valence-electron chi connectivity index (χ2n) is 5.44. The molecule has 1 aliphatic heterocycles. The van der Waals surface area contributed by atoms with Crippen LogP contribution in [0.15, 0.2) is 30.5 Å². The van der Waals surface area contributed by atoms with Gasteiger partial charge in [-0.15, -0.1) is 0 Å². The number of methoxy groups -OCH3 is 1. The monoisotopic (exact) mass is 348 g/mol. The zero-order chi connectivity index (χ0) is 17.3. The summed E-state index contributed by atoms with van der Waals surface area (Å²) in [5.41, 5.74) is 1.70. The number of carbonyl (C=O) groups is 1. The minimum atomic E-state index is -0.459. The molecule has 1 amide bonds. The molecule has 8 nitrogen and oxygen atoms in total. The number of hydrogen-bond donors (Lipinski definition) is 1. The lowest BCUT2D eigenvalue weighted by Crippen LogP contribution is -2.44. The van der Waals surface area contributed by atoms with Crippen LogP contribution >= 0.6 is 11.3 Å². The lowest BCUT2D eigenvalue weighted by atomic mass is 9.92. The standard InChI is InChI=1S/C15H16N4O4S/c1-9-7-11(17-14-16-8-13(24-14)19(21)22)10-5-3-4-6-12(10)18(9)15(20)23-2/h3-6,8-9,11H,7H2,1-2H3,(H,16,17). The van der Waals surface area contributed by atoms with Crippen molar-refractivity contribution >= 4 is 33.3 Å². The lowest BCUT2D eigenvalue weighted by Gasteiger charge is -2.38. The van der Waals surface area contributed by atoms with E-state index in [1.165, 1.54) is 13.3 Å². The number of thiazole rings is 1. The molecule has 24 heavy (non-hydrogen) atoms. The van der Waals surface area contributed by atoms with Crippen LogP contribution in [0.1, 0.15) is 24.9 Å². The Hall–Kier alpha value is -2.68. The summed E-state index contributed by atoms with van der Waals surface area (Å²) in [5, 5.41) is 14.5. The van der Waals surface area contributed by atoms with Crippen molar-refractivity contribution in [2.75, 3.05) is 17.3 Å². The van der Waals surface area contributed by atoms with Crippen LogP contribution in [0.4, 0.5) is 20.6 Å². The molecule has 2 atom stereocenters. The van der Waals surface area contributed by atoms with Gasteiger partial charge < -0.3 is 10.1 Å². The normalized spacial score (nSPS) is 19.5. The van der Waals surface area contributed by atoms with Gasteiger partial charge in [-0.1, -0.05) is 18.2 Å². The quantitative estimate of drug-likeness (QED) is 0.672. The number of nitrogens with zero attached hydrogens (tertiary/aromatic N) is 3. The van der Waals surface area contributed by atoms with Crippen molar-refractivity contribution in [3.63, 3.8) is 0 Å². The first-order valence-corrected chi connectivity index (χ1v) is 8.15. The predicted octanol–water partition coefficient (Wildman–Crippen LogP) is 3.57. The number of aromatic nitrogens is 1. The van der Waals surface area contributed by atoms with Gasteiger partial charge in [0.05, 0.1) is 23.8 Å². The smallest absolute Gasteiger partial charge is 0.414 e. The van der Waals surface area contributed by atoms with Gasteiger partial charge in [0, 0.05) is 6.04 Å². The number of amides is 1. The van der Waals surface area contributed by atoms with Crippen LogP contribution in [0.2, 0.25) is 0 Å². The Kier molecular flexibility index (Phi) is 4.34. The highest BCUT2D eigenvalue weighted by atomic mass is 32.1. The average molecular weight is 348 g/mol. The summed E-state index contributed by atoms with van der Waals surface area (Å²) in [6.07, 6.45) is 1.48. The van der Waals surface area contributed by atoms with Crippen LogP contribution in [0, 0.1) is 10.1 Å². The van der Waals surface area contributed by atoms with E-state index in [0.717, 1.165) is 22.6 Å². The Labute approximate surface area is 142 Å². The summed E-state index contributed by atoms with van der Waals surface area (Å²) in [7, 11) is 1.36. The minimum Gasteiger partial charge on any atom is -0.452 e. The minimum absolute atomic E-state index is 0.00849. The Morgan fingerprint density at radius 3 is 2.92 bits per heavy atom. The van der Waals surface area contributed by atoms with Crippen molar-refractivity contribution in [2.45, 2.75) is 25.4 Å². The van der Waals surface area contributed by atoms with Gasteiger partial charge >= 0.3 is 11.1 Å². The molecular formula is C15H16N4O4S. The van der Waals surface area contributed by atoms with E-state index in [-0.39, 0.29) is 17.1 Å². The van der Waals surface area contributed by atoms with Gasteiger partial charge in [-0.2, -0.15) is 0 Å². The van der Waals surface area contributed by atoms with Crippen molar-refractivity contribution in [1.29, 1.82) is 0 Å². The highest BCUT2D eigenvalue weighted by Gasteiger charge is 2.34. The summed E-state index contributed by atoms with van der Waals surface area (Å²) in [4.78, 5) is 28.1. The number of rotatable bonds is 3. The third-order valence-electron chi connectivity index (χ3n) is 3.93. The van der Waals surface area contributed by atoms with Crippen LogP contribution in [0.5, 0.6) is 0 Å². The summed E-state index contributed by atoms with van der Waals surface area (Å²) in [5.74, 6) is 0. The maximum Gasteiger partial charge on any atom is 0.414 e. The number of nitro groups is 1. The number of ether oxygens (including phenoxy) is 1. The maximum atomic E-state index is 12.1. The van der Waals surface area contributed by atoms with Gasteiger partial charge in [0.2, 0.25) is 0 Å². The van der Waals surface area contributed by atoms with Gasteiger partial charge in [-0.05, 0) is 36.3 Å². The molecule has 2 heterocycles. The molecule has 9 heteroatoms. The number of fused-ring (bicyclic) bond motifs is 1. The van der Waals surface area contributed by atoms with Gasteiger partial charge in [0.1, 0.15) is 6.20 Å². The van der Waals surface area contributed by atoms with E-state index in [4.69, 9.17) is 4.74 Å². The molecule has 126 valence electrons. The SMILES string of the molecule is COC(=O)N1c2ccccc2C(Nc2ncc([N+](=O)[O-])s2)CC1C. The van der Waals surface area contributed by atoms with Crippen LogP contribution in [-0.4, -0.2) is 29.2 Å². The Morgan fingerprint density at radius 1 is 1.50 bits per heavy atom. The topological polar surface area (TPSA) is 97.6 Å². The molecule has 1 N–H and O–H groups in total. The van der Waals surface area contributed by atoms with Crippen molar-refractivity contribution in [1.82, 2.24) is 4.98 Å². The molecule has 1 aromatic heterocycles. The van der Waals surface area contributed by atoms with Crippen LogP contribution in [0.3, 0.4) is 0 Å². The van der Waals surface area contributed by atoms with E-state index < -0.39 is 11.0 Å². The van der Waals surface area contributed by atoms with Crippen molar-refractivity contribution < 1.29 is 14.5 Å². The van der Waals surface area contributed by atoms with Gasteiger partial charge in [0.25, 0.3) is 0 Å². The van der Waals surface area contributed by atoms with E-state index in [1.807, 2.05) is 31.2 Å². The predicted molar refractivity (Wildman–Crippen MR) is 90.5 cm³/mol. The summed E-state index contributed by atoms with van der Waals surface area (Å²) in [6.45, 7) is 1.94. The van der Waals surface area contributed by atoms with E-state index >= 15 is 0 Å². The molecule has 0 aliphatic carbocycles. The summed E-state index contributed by atoms with van der Waals surface area (Å²) < 4.78 is 4.88. The number of hydrogen-bond acceptors (Lipinski definition) is 7. The second-order valence-corrected chi connectivity index (χ2v) is 6.45. The van der Waals surface area contributed by atoms with Crippen molar-refractivity contribution in [2.24, 2.45) is 0 Å². The molecular weight excluding hydrogens is 332 g/mol. The molecule has 2 unspecified atom stereocenters. The molecule has 0 radical (unpaired) electrons. The zero-order valence-electron chi connectivity index (χ0n) is 13.1. The number of carbonyl (C=O) groups excluding carboxylic acids is 1. The largest absolute Gasteiger partial charge is 0.452 e. The number of para-hydroxylation sites is 1. The Morgan fingerprint density at radius 2 is 2.25 bits per heavy atom. The van der Waals surface area contributed by atoms with Crippen LogP contribution in [0.25, 0.3) is 0 Å². The van der Waals surface area contributed by atoms with E-state index in [1.54, 1.807) is 4.90 Å². The third-order valence-corrected chi connectivity index (χ3v) is 4.81. The first kappa shape index (κ1) is 16.2. The summed E-state index contributed by atoms with van der Waals surface area (Å²) in [6, 6.07) is 7.36.